The molecule has 1 aliphatic heterocycles. The van der Waals surface area contributed by atoms with Gasteiger partial charge in [0.15, 0.2) is 0 Å². The lowest BCUT2D eigenvalue weighted by atomic mass is 10.2. The third-order valence-electron chi connectivity index (χ3n) is 4.37. The van der Waals surface area contributed by atoms with E-state index in [1.54, 1.807) is 0 Å². The van der Waals surface area contributed by atoms with Crippen LogP contribution in [0.3, 0.4) is 0 Å². The van der Waals surface area contributed by atoms with Crippen molar-refractivity contribution in [2.24, 2.45) is 11.8 Å². The Balaban J connectivity index is 1.47. The van der Waals surface area contributed by atoms with Crippen LogP contribution in [0.2, 0.25) is 0 Å². The van der Waals surface area contributed by atoms with E-state index in [0.29, 0.717) is 13.0 Å². The van der Waals surface area contributed by atoms with Crippen molar-refractivity contribution in [3.63, 3.8) is 0 Å². The molecule has 2 fully saturated rings. The van der Waals surface area contributed by atoms with E-state index in [4.69, 9.17) is 4.74 Å². The molecule has 1 saturated carbocycles. The van der Waals surface area contributed by atoms with E-state index >= 15 is 0 Å². The van der Waals surface area contributed by atoms with Crippen LogP contribution in [-0.4, -0.2) is 31.1 Å². The van der Waals surface area contributed by atoms with Crippen LogP contribution in [0.4, 0.5) is 5.69 Å². The SMILES string of the molecule is Cc1ccc(NC(=O)C2CC2C(=O)NCC2CCCO2)c(Br)c1. The maximum atomic E-state index is 12.3. The van der Waals surface area contributed by atoms with E-state index in [2.05, 4.69) is 26.6 Å². The normalized spacial score (nSPS) is 25.9. The molecule has 3 unspecified atom stereocenters. The Morgan fingerprint density at radius 1 is 1.30 bits per heavy atom. The number of carbonyl (C=O) groups is 2. The summed E-state index contributed by atoms with van der Waals surface area (Å²) in [4.78, 5) is 24.3. The van der Waals surface area contributed by atoms with Crippen molar-refractivity contribution in [3.05, 3.63) is 28.2 Å². The van der Waals surface area contributed by atoms with Gasteiger partial charge in [-0.15, -0.1) is 0 Å². The molecular weight excluding hydrogens is 360 g/mol. The fraction of sp³-hybridized carbons (Fsp3) is 0.529. The smallest absolute Gasteiger partial charge is 0.228 e. The van der Waals surface area contributed by atoms with Gasteiger partial charge in [-0.2, -0.15) is 0 Å². The third-order valence-corrected chi connectivity index (χ3v) is 5.03. The van der Waals surface area contributed by atoms with E-state index in [0.717, 1.165) is 35.2 Å². The number of nitrogens with one attached hydrogen (secondary N) is 2. The number of benzene rings is 1. The minimum absolute atomic E-state index is 0.0383. The van der Waals surface area contributed by atoms with Crippen LogP contribution in [0.5, 0.6) is 0 Å². The summed E-state index contributed by atoms with van der Waals surface area (Å²) in [6.45, 7) is 3.32. The second-order valence-corrected chi connectivity index (χ2v) is 7.16. The molecule has 2 N–H and O–H groups in total. The zero-order chi connectivity index (χ0) is 16.4. The fourth-order valence-electron chi connectivity index (χ4n) is 2.87. The van der Waals surface area contributed by atoms with Crippen LogP contribution in [0.1, 0.15) is 24.8 Å². The van der Waals surface area contributed by atoms with Crippen molar-refractivity contribution < 1.29 is 14.3 Å². The van der Waals surface area contributed by atoms with Gasteiger partial charge in [0.05, 0.1) is 23.6 Å². The number of ether oxygens (including phenoxy) is 1. The molecule has 1 aliphatic carbocycles. The summed E-state index contributed by atoms with van der Waals surface area (Å²) in [5.41, 5.74) is 1.86. The first-order valence-electron chi connectivity index (χ1n) is 8.01. The predicted molar refractivity (Wildman–Crippen MR) is 91.1 cm³/mol. The number of aryl methyl sites for hydroxylation is 1. The monoisotopic (exact) mass is 380 g/mol. The van der Waals surface area contributed by atoms with Gasteiger partial charge in [-0.1, -0.05) is 6.07 Å². The lowest BCUT2D eigenvalue weighted by Crippen LogP contribution is -2.33. The standard InChI is InChI=1S/C17H21BrN2O3/c1-10-4-5-15(14(18)7-10)20-17(22)13-8-12(13)16(21)19-9-11-3-2-6-23-11/h4-5,7,11-13H,2-3,6,8-9H2,1H3,(H,19,21)(H,20,22). The lowest BCUT2D eigenvalue weighted by molar-refractivity contribution is -0.125. The van der Waals surface area contributed by atoms with Crippen LogP contribution in [0, 0.1) is 18.8 Å². The summed E-state index contributed by atoms with van der Waals surface area (Å²) in [7, 11) is 0. The first-order valence-corrected chi connectivity index (χ1v) is 8.80. The van der Waals surface area contributed by atoms with Gasteiger partial charge in [0, 0.05) is 17.6 Å². The van der Waals surface area contributed by atoms with E-state index in [-0.39, 0.29) is 29.8 Å². The van der Waals surface area contributed by atoms with Crippen molar-refractivity contribution in [1.82, 2.24) is 5.32 Å². The predicted octanol–water partition coefficient (Wildman–Crippen LogP) is 2.63. The van der Waals surface area contributed by atoms with Gasteiger partial charge in [0.1, 0.15) is 0 Å². The number of hydrogen-bond donors (Lipinski definition) is 2. The second-order valence-electron chi connectivity index (χ2n) is 6.30. The molecular formula is C17H21BrN2O3. The Labute approximate surface area is 144 Å². The molecule has 1 aromatic rings. The highest BCUT2D eigenvalue weighted by Crippen LogP contribution is 2.40. The Hall–Kier alpha value is -1.40. The van der Waals surface area contributed by atoms with E-state index in [1.807, 2.05) is 25.1 Å². The van der Waals surface area contributed by atoms with Gasteiger partial charge in [-0.05, 0) is 59.8 Å². The fourth-order valence-corrected chi connectivity index (χ4v) is 3.46. The van der Waals surface area contributed by atoms with Crippen LogP contribution < -0.4 is 10.6 Å². The first-order chi connectivity index (χ1) is 11.0. The highest BCUT2D eigenvalue weighted by Gasteiger charge is 2.48. The molecule has 23 heavy (non-hydrogen) atoms. The molecule has 3 atom stereocenters. The van der Waals surface area contributed by atoms with Crippen molar-refractivity contribution in [3.8, 4) is 0 Å². The summed E-state index contributed by atoms with van der Waals surface area (Å²) in [5, 5.41) is 5.79. The molecule has 0 spiro atoms. The number of anilines is 1. The van der Waals surface area contributed by atoms with Crippen LogP contribution in [0.15, 0.2) is 22.7 Å². The van der Waals surface area contributed by atoms with Crippen LogP contribution >= 0.6 is 15.9 Å². The third kappa shape index (κ3) is 4.12. The van der Waals surface area contributed by atoms with Crippen molar-refractivity contribution >= 4 is 33.4 Å². The van der Waals surface area contributed by atoms with E-state index in [9.17, 15) is 9.59 Å². The highest BCUT2D eigenvalue weighted by atomic mass is 79.9. The summed E-state index contributed by atoms with van der Waals surface area (Å²) < 4.78 is 6.33. The molecule has 5 nitrogen and oxygen atoms in total. The minimum Gasteiger partial charge on any atom is -0.376 e. The average Bonchev–Trinajstić information content (AvgIpc) is 3.16. The Morgan fingerprint density at radius 3 is 2.78 bits per heavy atom. The summed E-state index contributed by atoms with van der Waals surface area (Å²) in [5.74, 6) is -0.566. The Morgan fingerprint density at radius 2 is 2.09 bits per heavy atom. The van der Waals surface area contributed by atoms with Gasteiger partial charge in [-0.3, -0.25) is 9.59 Å². The molecule has 0 aromatic heterocycles. The number of amides is 2. The van der Waals surface area contributed by atoms with Gasteiger partial charge in [0.2, 0.25) is 11.8 Å². The number of halogens is 1. The molecule has 3 rings (SSSR count). The average molecular weight is 381 g/mol. The lowest BCUT2D eigenvalue weighted by Gasteiger charge is -2.11. The molecule has 1 heterocycles. The van der Waals surface area contributed by atoms with E-state index in [1.165, 1.54) is 0 Å². The maximum Gasteiger partial charge on any atom is 0.228 e. The minimum atomic E-state index is -0.229. The summed E-state index contributed by atoms with van der Waals surface area (Å²) >= 11 is 3.44. The van der Waals surface area contributed by atoms with Crippen molar-refractivity contribution in [2.45, 2.75) is 32.3 Å². The number of carbonyl (C=O) groups excluding carboxylic acids is 2. The largest absolute Gasteiger partial charge is 0.376 e. The summed E-state index contributed by atoms with van der Waals surface area (Å²) in [6, 6.07) is 5.76. The Bertz CT molecular complexity index is 614. The number of hydrogen-bond acceptors (Lipinski definition) is 3. The molecule has 1 saturated heterocycles. The topological polar surface area (TPSA) is 67.4 Å². The zero-order valence-electron chi connectivity index (χ0n) is 13.1. The molecule has 0 radical (unpaired) electrons. The number of rotatable bonds is 5. The van der Waals surface area contributed by atoms with Gasteiger partial charge < -0.3 is 15.4 Å². The summed E-state index contributed by atoms with van der Waals surface area (Å²) in [6.07, 6.45) is 2.80. The Kier molecular flexibility index (Phi) is 5.02. The quantitative estimate of drug-likeness (QED) is 0.824. The van der Waals surface area contributed by atoms with Crippen molar-refractivity contribution in [1.29, 1.82) is 0 Å². The maximum absolute atomic E-state index is 12.3. The first kappa shape index (κ1) is 16.5. The van der Waals surface area contributed by atoms with Crippen LogP contribution in [0.25, 0.3) is 0 Å². The molecule has 6 heteroatoms. The van der Waals surface area contributed by atoms with Crippen LogP contribution in [-0.2, 0) is 14.3 Å². The highest BCUT2D eigenvalue weighted by molar-refractivity contribution is 9.10. The van der Waals surface area contributed by atoms with Crippen molar-refractivity contribution in [2.75, 3.05) is 18.5 Å². The van der Waals surface area contributed by atoms with Gasteiger partial charge in [0.25, 0.3) is 0 Å². The second kappa shape index (κ2) is 7.01. The molecule has 124 valence electrons. The van der Waals surface area contributed by atoms with E-state index < -0.39 is 0 Å². The molecule has 2 aliphatic rings. The molecule has 2 amide bonds. The van der Waals surface area contributed by atoms with Gasteiger partial charge >= 0.3 is 0 Å². The molecule has 1 aromatic carbocycles. The zero-order valence-corrected chi connectivity index (χ0v) is 14.7. The molecule has 0 bridgehead atoms. The van der Waals surface area contributed by atoms with Gasteiger partial charge in [-0.25, -0.2) is 0 Å².